The highest BCUT2D eigenvalue weighted by Gasteiger charge is 2.23. The van der Waals surface area contributed by atoms with Gasteiger partial charge in [0.2, 0.25) is 5.91 Å². The topological polar surface area (TPSA) is 38.1 Å². The predicted molar refractivity (Wildman–Crippen MR) is 77.5 cm³/mol. The van der Waals surface area contributed by atoms with Gasteiger partial charge < -0.3 is 9.47 Å². The summed E-state index contributed by atoms with van der Waals surface area (Å²) in [6.07, 6.45) is 2.99. The minimum atomic E-state index is 0.116. The van der Waals surface area contributed by atoms with Gasteiger partial charge in [0.25, 0.3) is 0 Å². The fourth-order valence-electron chi connectivity index (χ4n) is 2.55. The minimum absolute atomic E-state index is 0.116. The van der Waals surface area contributed by atoms with Crippen LogP contribution in [0.15, 0.2) is 30.6 Å². The van der Waals surface area contributed by atoms with E-state index in [4.69, 9.17) is 11.6 Å². The molecule has 1 aromatic heterocycles. The maximum Gasteiger partial charge on any atom is 0.227 e. The molecule has 2 heterocycles. The lowest BCUT2D eigenvalue weighted by Gasteiger charge is -2.27. The van der Waals surface area contributed by atoms with Crippen molar-refractivity contribution in [2.45, 2.75) is 19.4 Å². The number of hydrogen-bond acceptors (Lipinski definition) is 2. The van der Waals surface area contributed by atoms with E-state index in [9.17, 15) is 4.79 Å². The molecule has 20 heavy (non-hydrogen) atoms. The average Bonchev–Trinajstić information content (AvgIpc) is 2.82. The van der Waals surface area contributed by atoms with Crippen LogP contribution in [0.2, 0.25) is 5.02 Å². The fraction of sp³-hybridized carbons (Fsp3) is 0.333. The number of rotatable bonds is 2. The van der Waals surface area contributed by atoms with Crippen molar-refractivity contribution in [3.63, 3.8) is 0 Å². The van der Waals surface area contributed by atoms with Gasteiger partial charge >= 0.3 is 0 Å². The number of fused-ring (bicyclic) bond motifs is 1. The zero-order valence-electron chi connectivity index (χ0n) is 11.3. The van der Waals surface area contributed by atoms with Gasteiger partial charge in [-0.05, 0) is 11.6 Å². The number of aryl methyl sites for hydroxylation is 1. The molecular formula is C15H16ClN3O. The van der Waals surface area contributed by atoms with Crippen molar-refractivity contribution in [3.05, 3.63) is 52.6 Å². The Hall–Kier alpha value is -1.81. The van der Waals surface area contributed by atoms with Gasteiger partial charge in [-0.2, -0.15) is 0 Å². The molecular weight excluding hydrogens is 274 g/mol. The molecule has 3 rings (SSSR count). The second-order valence-electron chi connectivity index (χ2n) is 5.08. The van der Waals surface area contributed by atoms with Gasteiger partial charge in [0, 0.05) is 25.0 Å². The molecule has 5 heteroatoms. The Balaban J connectivity index is 1.73. The Bertz CT molecular complexity index is 650. The third-order valence-corrected chi connectivity index (χ3v) is 4.13. The van der Waals surface area contributed by atoms with Crippen LogP contribution in [0, 0.1) is 0 Å². The second kappa shape index (κ2) is 5.29. The molecule has 4 nitrogen and oxygen atoms in total. The number of imidazole rings is 1. The number of carbonyl (C=O) groups excluding carboxylic acids is 1. The summed E-state index contributed by atoms with van der Waals surface area (Å²) in [5.74, 6) is 0.116. The van der Waals surface area contributed by atoms with Crippen molar-refractivity contribution in [2.75, 3.05) is 6.54 Å². The quantitative estimate of drug-likeness (QED) is 0.850. The standard InChI is InChI=1S/C15H16ClN3O/c1-18-10-17-13-6-7-19(9-14(13)18)15(20)8-11-4-2-3-5-12(11)16/h2-5,10H,6-9H2,1H3. The summed E-state index contributed by atoms with van der Waals surface area (Å²) in [4.78, 5) is 18.6. The van der Waals surface area contributed by atoms with Crippen LogP contribution < -0.4 is 0 Å². The van der Waals surface area contributed by atoms with Gasteiger partial charge in [-0.15, -0.1) is 0 Å². The van der Waals surface area contributed by atoms with Crippen LogP contribution in [0.25, 0.3) is 0 Å². The summed E-state index contributed by atoms with van der Waals surface area (Å²) in [5.41, 5.74) is 3.12. The van der Waals surface area contributed by atoms with Crippen LogP contribution in [-0.4, -0.2) is 26.9 Å². The molecule has 1 aromatic carbocycles. The second-order valence-corrected chi connectivity index (χ2v) is 5.49. The summed E-state index contributed by atoms with van der Waals surface area (Å²) in [6, 6.07) is 7.50. The summed E-state index contributed by atoms with van der Waals surface area (Å²) >= 11 is 6.11. The molecule has 0 aliphatic carbocycles. The largest absolute Gasteiger partial charge is 0.336 e. The lowest BCUT2D eigenvalue weighted by Crippen LogP contribution is -2.37. The maximum absolute atomic E-state index is 12.4. The van der Waals surface area contributed by atoms with Crippen LogP contribution in [0.5, 0.6) is 0 Å². The molecule has 0 saturated carbocycles. The van der Waals surface area contributed by atoms with Crippen LogP contribution in [0.3, 0.4) is 0 Å². The minimum Gasteiger partial charge on any atom is -0.336 e. The van der Waals surface area contributed by atoms with E-state index < -0.39 is 0 Å². The summed E-state index contributed by atoms with van der Waals surface area (Å²) in [5, 5.41) is 0.652. The lowest BCUT2D eigenvalue weighted by atomic mass is 10.1. The van der Waals surface area contributed by atoms with Crippen molar-refractivity contribution in [3.8, 4) is 0 Å². The molecule has 2 aromatic rings. The normalized spacial score (nSPS) is 14.2. The highest BCUT2D eigenvalue weighted by molar-refractivity contribution is 6.31. The molecule has 0 radical (unpaired) electrons. The molecule has 0 atom stereocenters. The first-order valence-electron chi connectivity index (χ1n) is 6.65. The van der Waals surface area contributed by atoms with Crippen molar-refractivity contribution < 1.29 is 4.79 Å². The number of halogens is 1. The summed E-state index contributed by atoms with van der Waals surface area (Å²) in [7, 11) is 1.97. The number of amides is 1. The SMILES string of the molecule is Cn1cnc2c1CN(C(=O)Cc1ccccc1Cl)CC2. The molecule has 0 unspecified atom stereocenters. The molecule has 104 valence electrons. The number of benzene rings is 1. The van der Waals surface area contributed by atoms with Crippen molar-refractivity contribution in [2.24, 2.45) is 7.05 Å². The van der Waals surface area contributed by atoms with E-state index in [-0.39, 0.29) is 5.91 Å². The highest BCUT2D eigenvalue weighted by Crippen LogP contribution is 2.20. The smallest absolute Gasteiger partial charge is 0.227 e. The molecule has 0 spiro atoms. The summed E-state index contributed by atoms with van der Waals surface area (Å²) in [6.45, 7) is 1.36. The molecule has 0 bridgehead atoms. The third kappa shape index (κ3) is 2.43. The van der Waals surface area contributed by atoms with E-state index in [1.165, 1.54) is 0 Å². The number of hydrogen-bond donors (Lipinski definition) is 0. The highest BCUT2D eigenvalue weighted by atomic mass is 35.5. The Kier molecular flexibility index (Phi) is 3.49. The number of carbonyl (C=O) groups is 1. The van der Waals surface area contributed by atoms with Crippen LogP contribution in [0.1, 0.15) is 17.0 Å². The van der Waals surface area contributed by atoms with E-state index in [1.54, 1.807) is 0 Å². The van der Waals surface area contributed by atoms with Gasteiger partial charge in [0.15, 0.2) is 0 Å². The molecule has 1 amide bonds. The first-order valence-corrected chi connectivity index (χ1v) is 7.03. The Morgan fingerprint density at radius 2 is 2.20 bits per heavy atom. The Morgan fingerprint density at radius 1 is 1.40 bits per heavy atom. The van der Waals surface area contributed by atoms with Crippen molar-refractivity contribution >= 4 is 17.5 Å². The van der Waals surface area contributed by atoms with E-state index in [0.717, 1.165) is 29.9 Å². The Labute approximate surface area is 123 Å². The van der Waals surface area contributed by atoms with Crippen LogP contribution in [0.4, 0.5) is 0 Å². The monoisotopic (exact) mass is 289 g/mol. The van der Waals surface area contributed by atoms with Gasteiger partial charge in [0.05, 0.1) is 30.7 Å². The van der Waals surface area contributed by atoms with Crippen molar-refractivity contribution in [1.82, 2.24) is 14.5 Å². The van der Waals surface area contributed by atoms with E-state index in [0.29, 0.717) is 18.0 Å². The van der Waals surface area contributed by atoms with Crippen molar-refractivity contribution in [1.29, 1.82) is 0 Å². The van der Waals surface area contributed by atoms with E-state index in [2.05, 4.69) is 4.98 Å². The first kappa shape index (κ1) is 13.2. The predicted octanol–water partition coefficient (Wildman–Crippen LogP) is 2.20. The maximum atomic E-state index is 12.4. The third-order valence-electron chi connectivity index (χ3n) is 3.76. The van der Waals surface area contributed by atoms with Crippen LogP contribution in [-0.2, 0) is 31.2 Å². The zero-order chi connectivity index (χ0) is 14.1. The number of aromatic nitrogens is 2. The molecule has 0 fully saturated rings. The van der Waals surface area contributed by atoms with Crippen LogP contribution >= 0.6 is 11.6 Å². The average molecular weight is 290 g/mol. The molecule has 0 saturated heterocycles. The van der Waals surface area contributed by atoms with E-state index in [1.807, 2.05) is 47.1 Å². The van der Waals surface area contributed by atoms with Gasteiger partial charge in [-0.25, -0.2) is 4.98 Å². The lowest BCUT2D eigenvalue weighted by molar-refractivity contribution is -0.131. The van der Waals surface area contributed by atoms with Gasteiger partial charge in [0.1, 0.15) is 0 Å². The molecule has 0 N–H and O–H groups in total. The van der Waals surface area contributed by atoms with Gasteiger partial charge in [-0.3, -0.25) is 4.79 Å². The number of nitrogens with zero attached hydrogens (tertiary/aromatic N) is 3. The first-order chi connectivity index (χ1) is 9.65. The zero-order valence-corrected chi connectivity index (χ0v) is 12.1. The molecule has 1 aliphatic rings. The molecule has 1 aliphatic heterocycles. The fourth-order valence-corrected chi connectivity index (χ4v) is 2.75. The van der Waals surface area contributed by atoms with E-state index >= 15 is 0 Å². The summed E-state index contributed by atoms with van der Waals surface area (Å²) < 4.78 is 1.99. The Morgan fingerprint density at radius 3 is 3.00 bits per heavy atom. The van der Waals surface area contributed by atoms with Gasteiger partial charge in [-0.1, -0.05) is 29.8 Å².